The first-order chi connectivity index (χ1) is 12.3. The number of ether oxygens (including phenoxy) is 1. The molecule has 1 aliphatic carbocycles. The average Bonchev–Trinajstić information content (AvgIpc) is 2.59. The van der Waals surface area contributed by atoms with Crippen LogP contribution in [0.3, 0.4) is 0 Å². The van der Waals surface area contributed by atoms with E-state index in [1.807, 2.05) is 13.0 Å². The van der Waals surface area contributed by atoms with E-state index < -0.39 is 36.6 Å². The van der Waals surface area contributed by atoms with Gasteiger partial charge in [-0.05, 0) is 62.1 Å². The van der Waals surface area contributed by atoms with Crippen LogP contribution < -0.4 is 0 Å². The molecule has 1 aromatic rings. The topological polar surface area (TPSA) is 9.23 Å². The van der Waals surface area contributed by atoms with Gasteiger partial charge < -0.3 is 4.74 Å². The second kappa shape index (κ2) is 9.49. The summed E-state index contributed by atoms with van der Waals surface area (Å²) in [5.41, 5.74) is -0.159. The van der Waals surface area contributed by atoms with Gasteiger partial charge in [-0.2, -0.15) is 8.78 Å². The van der Waals surface area contributed by atoms with Crippen molar-refractivity contribution in [3.05, 3.63) is 47.3 Å². The number of alkyl halides is 2. The number of benzene rings is 1. The first-order valence-electron chi connectivity index (χ1n) is 9.07. The van der Waals surface area contributed by atoms with Crippen LogP contribution in [0, 0.1) is 29.3 Å². The normalized spacial score (nSPS) is 21.5. The van der Waals surface area contributed by atoms with Gasteiger partial charge in [0.05, 0.1) is 6.61 Å². The van der Waals surface area contributed by atoms with Crippen LogP contribution in [0.4, 0.5) is 22.0 Å². The Labute approximate surface area is 151 Å². The number of allylic oxidation sites excluding steroid dienone is 2. The largest absolute Gasteiger partial charge is 0.356 e. The first kappa shape index (κ1) is 20.9. The lowest BCUT2D eigenvalue weighted by molar-refractivity contribution is -0.256. The van der Waals surface area contributed by atoms with Gasteiger partial charge in [-0.25, -0.2) is 13.2 Å². The maximum Gasteiger partial charge on any atom is 0.356 e. The van der Waals surface area contributed by atoms with E-state index in [2.05, 4.69) is 10.8 Å². The molecule has 0 radical (unpaired) electrons. The van der Waals surface area contributed by atoms with Crippen molar-refractivity contribution in [2.45, 2.75) is 64.6 Å². The molecular formula is C20H25F5O. The predicted molar refractivity (Wildman–Crippen MR) is 90.2 cm³/mol. The van der Waals surface area contributed by atoms with E-state index in [0.29, 0.717) is 18.1 Å². The minimum atomic E-state index is -3.37. The van der Waals surface area contributed by atoms with Crippen LogP contribution in [0.2, 0.25) is 0 Å². The maximum absolute atomic E-state index is 14.0. The third kappa shape index (κ3) is 6.38. The summed E-state index contributed by atoms with van der Waals surface area (Å²) in [5.74, 6) is -3.98. The van der Waals surface area contributed by atoms with Gasteiger partial charge in [-0.3, -0.25) is 0 Å². The lowest BCUT2D eigenvalue weighted by atomic mass is 9.78. The summed E-state index contributed by atoms with van der Waals surface area (Å²) < 4.78 is 71.7. The Bertz CT molecular complexity index is 583. The SMILES string of the molecule is CC=CCCC1CCC(CC(F)(F)OCc2cc(F)c(F)c(F)c2)CC1. The van der Waals surface area contributed by atoms with Crippen LogP contribution in [-0.2, 0) is 11.3 Å². The molecule has 0 unspecified atom stereocenters. The molecule has 1 aliphatic rings. The lowest BCUT2D eigenvalue weighted by Crippen LogP contribution is -2.27. The Balaban J connectivity index is 1.78. The molecule has 1 aromatic carbocycles. The molecule has 0 spiro atoms. The minimum absolute atomic E-state index is 0.121. The molecule has 1 fully saturated rings. The van der Waals surface area contributed by atoms with E-state index in [1.54, 1.807) is 0 Å². The fourth-order valence-corrected chi connectivity index (χ4v) is 3.50. The summed E-state index contributed by atoms with van der Waals surface area (Å²) in [5, 5.41) is 0. The van der Waals surface area contributed by atoms with Gasteiger partial charge in [-0.1, -0.05) is 25.0 Å². The Morgan fingerprint density at radius 3 is 2.19 bits per heavy atom. The highest BCUT2D eigenvalue weighted by molar-refractivity contribution is 5.18. The zero-order chi connectivity index (χ0) is 19.2. The lowest BCUT2D eigenvalue weighted by Gasteiger charge is -2.30. The molecule has 0 amide bonds. The monoisotopic (exact) mass is 376 g/mol. The van der Waals surface area contributed by atoms with E-state index in [4.69, 9.17) is 0 Å². The quantitative estimate of drug-likeness (QED) is 0.276. The molecule has 0 aliphatic heterocycles. The van der Waals surface area contributed by atoms with Crippen LogP contribution >= 0.6 is 0 Å². The number of rotatable bonds is 8. The second-order valence-electron chi connectivity index (χ2n) is 7.04. The zero-order valence-electron chi connectivity index (χ0n) is 14.9. The van der Waals surface area contributed by atoms with E-state index in [-0.39, 0.29) is 11.5 Å². The molecule has 0 aromatic heterocycles. The summed E-state index contributed by atoms with van der Waals surface area (Å²) in [6.07, 6.45) is 5.82. The Kier molecular flexibility index (Phi) is 7.62. The Morgan fingerprint density at radius 2 is 1.62 bits per heavy atom. The zero-order valence-corrected chi connectivity index (χ0v) is 14.9. The van der Waals surface area contributed by atoms with E-state index in [1.165, 1.54) is 0 Å². The Morgan fingerprint density at radius 1 is 1.04 bits per heavy atom. The highest BCUT2D eigenvalue weighted by atomic mass is 19.3. The van der Waals surface area contributed by atoms with E-state index >= 15 is 0 Å². The molecule has 6 heteroatoms. The van der Waals surface area contributed by atoms with Gasteiger partial charge in [0, 0.05) is 6.42 Å². The first-order valence-corrected chi connectivity index (χ1v) is 9.07. The van der Waals surface area contributed by atoms with E-state index in [9.17, 15) is 22.0 Å². The summed E-state index contributed by atoms with van der Waals surface area (Å²) in [6, 6.07) is 1.34. The minimum Gasteiger partial charge on any atom is -0.316 e. The summed E-state index contributed by atoms with van der Waals surface area (Å²) in [4.78, 5) is 0. The summed E-state index contributed by atoms with van der Waals surface area (Å²) in [7, 11) is 0. The molecule has 2 rings (SSSR count). The molecule has 0 saturated heterocycles. The van der Waals surface area contributed by atoms with Crippen LogP contribution in [0.5, 0.6) is 0 Å². The summed E-state index contributed by atoms with van der Waals surface area (Å²) in [6.45, 7) is 1.31. The smallest absolute Gasteiger partial charge is 0.316 e. The maximum atomic E-state index is 14.0. The number of halogens is 5. The van der Waals surface area contributed by atoms with Crippen LogP contribution in [-0.4, -0.2) is 6.11 Å². The van der Waals surface area contributed by atoms with Crippen molar-refractivity contribution in [1.82, 2.24) is 0 Å². The second-order valence-corrected chi connectivity index (χ2v) is 7.04. The van der Waals surface area contributed by atoms with Crippen molar-refractivity contribution in [1.29, 1.82) is 0 Å². The fourth-order valence-electron chi connectivity index (χ4n) is 3.50. The third-order valence-electron chi connectivity index (χ3n) is 4.96. The van der Waals surface area contributed by atoms with Crippen molar-refractivity contribution in [2.75, 3.05) is 0 Å². The molecule has 0 bridgehead atoms. The molecule has 0 atom stereocenters. The van der Waals surface area contributed by atoms with E-state index in [0.717, 1.165) is 38.5 Å². The highest BCUT2D eigenvalue weighted by Crippen LogP contribution is 2.38. The molecule has 1 saturated carbocycles. The van der Waals surface area contributed by atoms with Gasteiger partial charge in [-0.15, -0.1) is 0 Å². The van der Waals surface area contributed by atoms with Crippen LogP contribution in [0.15, 0.2) is 24.3 Å². The molecular weight excluding hydrogens is 351 g/mol. The van der Waals surface area contributed by atoms with Gasteiger partial charge in [0.25, 0.3) is 0 Å². The fraction of sp³-hybridized carbons (Fsp3) is 0.600. The van der Waals surface area contributed by atoms with Crippen molar-refractivity contribution < 1.29 is 26.7 Å². The summed E-state index contributed by atoms with van der Waals surface area (Å²) >= 11 is 0. The number of hydrogen-bond donors (Lipinski definition) is 0. The van der Waals surface area contributed by atoms with Gasteiger partial charge in [0.15, 0.2) is 17.5 Å². The standard InChI is InChI=1S/C20H25F5O/c1-2-3-4-5-14-6-8-15(9-7-14)12-20(24,25)26-13-16-10-17(21)19(23)18(22)11-16/h2-3,10-11,14-15H,4-9,12-13H2,1H3. The Hall–Kier alpha value is -1.43. The van der Waals surface area contributed by atoms with Crippen LogP contribution in [0.25, 0.3) is 0 Å². The van der Waals surface area contributed by atoms with Gasteiger partial charge in [0.2, 0.25) is 0 Å². The highest BCUT2D eigenvalue weighted by Gasteiger charge is 2.35. The van der Waals surface area contributed by atoms with Crippen molar-refractivity contribution in [3.63, 3.8) is 0 Å². The number of hydrogen-bond acceptors (Lipinski definition) is 1. The molecule has 26 heavy (non-hydrogen) atoms. The predicted octanol–water partition coefficient (Wildman–Crippen LogP) is 6.77. The molecule has 0 heterocycles. The van der Waals surface area contributed by atoms with Crippen molar-refractivity contribution in [2.24, 2.45) is 11.8 Å². The molecule has 146 valence electrons. The third-order valence-corrected chi connectivity index (χ3v) is 4.96. The molecule has 1 nitrogen and oxygen atoms in total. The van der Waals surface area contributed by atoms with Crippen molar-refractivity contribution >= 4 is 0 Å². The average molecular weight is 376 g/mol. The van der Waals surface area contributed by atoms with Gasteiger partial charge in [0.1, 0.15) is 0 Å². The van der Waals surface area contributed by atoms with Crippen molar-refractivity contribution in [3.8, 4) is 0 Å². The van der Waals surface area contributed by atoms with Gasteiger partial charge >= 0.3 is 6.11 Å². The van der Waals surface area contributed by atoms with Crippen LogP contribution in [0.1, 0.15) is 57.4 Å². The molecule has 0 N–H and O–H groups in total.